The van der Waals surface area contributed by atoms with Gasteiger partial charge in [-0.25, -0.2) is 9.78 Å². The number of aromatic nitrogens is 1. The molecule has 0 aliphatic heterocycles. The molecule has 2 N–H and O–H groups in total. The molecule has 0 unspecified atom stereocenters. The fourth-order valence-corrected chi connectivity index (χ4v) is 3.53. The van der Waals surface area contributed by atoms with Crippen molar-refractivity contribution >= 4 is 39.3 Å². The average molecular weight is 339 g/mol. The predicted molar refractivity (Wildman–Crippen MR) is 93.8 cm³/mol. The summed E-state index contributed by atoms with van der Waals surface area (Å²) in [5, 5.41) is 6.76. The minimum absolute atomic E-state index is 0.0626. The van der Waals surface area contributed by atoms with E-state index in [0.29, 0.717) is 13.2 Å². The van der Waals surface area contributed by atoms with Crippen LogP contribution in [0.4, 0.5) is 4.79 Å². The number of fused-ring (bicyclic) bond motifs is 1. The van der Waals surface area contributed by atoms with Gasteiger partial charge in [0, 0.05) is 13.7 Å². The normalized spacial score (nSPS) is 12.3. The second-order valence-electron chi connectivity index (χ2n) is 4.75. The van der Waals surface area contributed by atoms with Gasteiger partial charge in [-0.1, -0.05) is 12.1 Å². The molecule has 0 aliphatic rings. The Kier molecular flexibility index (Phi) is 6.95. The Bertz CT molecular complexity index is 570. The average Bonchev–Trinajstić information content (AvgIpc) is 2.95. The van der Waals surface area contributed by atoms with E-state index in [9.17, 15) is 4.79 Å². The van der Waals surface area contributed by atoms with Crippen molar-refractivity contribution in [3.63, 3.8) is 0 Å². The topological polar surface area (TPSA) is 63.2 Å². The van der Waals surface area contributed by atoms with Crippen LogP contribution in [-0.2, 0) is 4.74 Å². The van der Waals surface area contributed by atoms with Crippen LogP contribution in [0.25, 0.3) is 10.2 Å². The van der Waals surface area contributed by atoms with E-state index < -0.39 is 0 Å². The van der Waals surface area contributed by atoms with Crippen molar-refractivity contribution in [2.45, 2.75) is 12.5 Å². The molecule has 22 heavy (non-hydrogen) atoms. The van der Waals surface area contributed by atoms with Crippen LogP contribution in [0.2, 0.25) is 0 Å². The van der Waals surface area contributed by atoms with E-state index in [1.165, 1.54) is 0 Å². The third-order valence-corrected chi connectivity index (χ3v) is 4.91. The summed E-state index contributed by atoms with van der Waals surface area (Å²) in [6.45, 7) is 1.00. The van der Waals surface area contributed by atoms with Crippen LogP contribution in [0, 0.1) is 0 Å². The molecule has 2 amide bonds. The van der Waals surface area contributed by atoms with Crippen LogP contribution in [-0.4, -0.2) is 43.3 Å². The first-order valence-corrected chi connectivity index (χ1v) is 9.33. The summed E-state index contributed by atoms with van der Waals surface area (Å²) in [5.41, 5.74) is 0.984. The zero-order valence-corrected chi connectivity index (χ0v) is 14.4. The molecule has 0 fully saturated rings. The molecule has 1 atom stereocenters. The molecule has 1 aromatic heterocycles. The van der Waals surface area contributed by atoms with Gasteiger partial charge in [0.05, 0.1) is 22.9 Å². The molecule has 0 radical (unpaired) electrons. The lowest BCUT2D eigenvalue weighted by Crippen LogP contribution is -2.39. The highest BCUT2D eigenvalue weighted by atomic mass is 32.2. The summed E-state index contributed by atoms with van der Waals surface area (Å²) in [7, 11) is 1.61. The number of nitrogens with one attached hydrogen (secondary N) is 2. The lowest BCUT2D eigenvalue weighted by atomic mass is 10.2. The van der Waals surface area contributed by atoms with E-state index in [1.807, 2.05) is 18.2 Å². The van der Waals surface area contributed by atoms with Gasteiger partial charge in [-0.2, -0.15) is 11.8 Å². The van der Waals surface area contributed by atoms with E-state index in [0.717, 1.165) is 27.4 Å². The Hall–Kier alpha value is -1.31. The van der Waals surface area contributed by atoms with Crippen LogP contribution in [0.1, 0.15) is 17.5 Å². The quantitative estimate of drug-likeness (QED) is 0.726. The fourth-order valence-electron chi connectivity index (χ4n) is 2.01. The van der Waals surface area contributed by atoms with Gasteiger partial charge in [0.1, 0.15) is 5.01 Å². The number of benzene rings is 1. The Morgan fingerprint density at radius 1 is 1.45 bits per heavy atom. The number of carbonyl (C=O) groups excluding carboxylic acids is 1. The van der Waals surface area contributed by atoms with Gasteiger partial charge in [0.25, 0.3) is 0 Å². The molecular formula is C15H21N3O2S2. The Morgan fingerprint density at radius 3 is 3.00 bits per heavy atom. The van der Waals surface area contributed by atoms with Gasteiger partial charge < -0.3 is 15.4 Å². The maximum absolute atomic E-state index is 12.0. The van der Waals surface area contributed by atoms with Crippen molar-refractivity contribution in [3.05, 3.63) is 29.3 Å². The molecule has 120 valence electrons. The number of nitrogens with zero attached hydrogens (tertiary/aromatic N) is 1. The number of carbonyl (C=O) groups is 1. The summed E-state index contributed by atoms with van der Waals surface area (Å²) in [6.07, 6.45) is 2.92. The standard InChI is InChI=1S/C15H21N3O2S2/c1-20-9-8-16-15(19)18-12(7-10-21-2)14-17-11-5-3-4-6-13(11)22-14/h3-6,12H,7-10H2,1-2H3,(H2,16,18,19)/t12-/m1/s1. The van der Waals surface area contributed by atoms with Crippen molar-refractivity contribution in [2.24, 2.45) is 0 Å². The van der Waals surface area contributed by atoms with Crippen molar-refractivity contribution < 1.29 is 9.53 Å². The SMILES string of the molecule is COCCNC(=O)N[C@H](CCSC)c1nc2ccccc2s1. The van der Waals surface area contributed by atoms with Gasteiger partial charge in [0.2, 0.25) is 0 Å². The zero-order chi connectivity index (χ0) is 15.8. The van der Waals surface area contributed by atoms with Crippen LogP contribution in [0.3, 0.4) is 0 Å². The molecule has 1 heterocycles. The molecule has 5 nitrogen and oxygen atoms in total. The van der Waals surface area contributed by atoms with E-state index >= 15 is 0 Å². The Labute approximate surface area is 138 Å². The van der Waals surface area contributed by atoms with E-state index in [1.54, 1.807) is 30.2 Å². The Balaban J connectivity index is 2.06. The molecule has 0 saturated carbocycles. The number of rotatable bonds is 8. The molecule has 2 rings (SSSR count). The molecule has 0 spiro atoms. The number of hydrogen-bond donors (Lipinski definition) is 2. The minimum Gasteiger partial charge on any atom is -0.383 e. The maximum atomic E-state index is 12.0. The number of thioether (sulfide) groups is 1. The van der Waals surface area contributed by atoms with E-state index in [4.69, 9.17) is 4.74 Å². The predicted octanol–water partition coefficient (Wildman–Crippen LogP) is 3.04. The summed E-state index contributed by atoms with van der Waals surface area (Å²) >= 11 is 3.40. The molecule has 0 bridgehead atoms. The van der Waals surface area contributed by atoms with Gasteiger partial charge in [-0.15, -0.1) is 11.3 Å². The second-order valence-corrected chi connectivity index (χ2v) is 6.79. The van der Waals surface area contributed by atoms with Crippen LogP contribution in [0.5, 0.6) is 0 Å². The van der Waals surface area contributed by atoms with E-state index in [2.05, 4.69) is 27.9 Å². The maximum Gasteiger partial charge on any atom is 0.315 e. The number of thiazole rings is 1. The van der Waals surface area contributed by atoms with Crippen LogP contribution >= 0.6 is 23.1 Å². The minimum atomic E-state index is -0.178. The first kappa shape index (κ1) is 17.1. The highest BCUT2D eigenvalue weighted by molar-refractivity contribution is 7.98. The fraction of sp³-hybridized carbons (Fsp3) is 0.467. The zero-order valence-electron chi connectivity index (χ0n) is 12.8. The lowest BCUT2D eigenvalue weighted by Gasteiger charge is -2.16. The number of hydrogen-bond acceptors (Lipinski definition) is 5. The lowest BCUT2D eigenvalue weighted by molar-refractivity contribution is 0.195. The molecular weight excluding hydrogens is 318 g/mol. The molecule has 2 aromatic rings. The number of amides is 2. The van der Waals surface area contributed by atoms with Crippen molar-refractivity contribution in [2.75, 3.05) is 32.3 Å². The molecule has 7 heteroatoms. The van der Waals surface area contributed by atoms with Crippen LogP contribution in [0.15, 0.2) is 24.3 Å². The summed E-state index contributed by atoms with van der Waals surface area (Å²) in [4.78, 5) is 16.6. The monoisotopic (exact) mass is 339 g/mol. The molecule has 1 aromatic carbocycles. The number of methoxy groups -OCH3 is 1. The third kappa shape index (κ3) is 4.86. The van der Waals surface area contributed by atoms with Crippen molar-refractivity contribution in [1.29, 1.82) is 0 Å². The first-order chi connectivity index (χ1) is 10.7. The number of para-hydroxylation sites is 1. The molecule has 0 saturated heterocycles. The number of ether oxygens (including phenoxy) is 1. The van der Waals surface area contributed by atoms with E-state index in [-0.39, 0.29) is 12.1 Å². The smallest absolute Gasteiger partial charge is 0.315 e. The summed E-state index contributed by atoms with van der Waals surface area (Å²) in [6, 6.07) is 7.80. The van der Waals surface area contributed by atoms with Gasteiger partial charge >= 0.3 is 6.03 Å². The van der Waals surface area contributed by atoms with Crippen molar-refractivity contribution in [1.82, 2.24) is 15.6 Å². The highest BCUT2D eigenvalue weighted by Gasteiger charge is 2.18. The summed E-state index contributed by atoms with van der Waals surface area (Å²) in [5.74, 6) is 0.971. The largest absolute Gasteiger partial charge is 0.383 e. The third-order valence-electron chi connectivity index (χ3n) is 3.12. The van der Waals surface area contributed by atoms with Gasteiger partial charge in [-0.05, 0) is 30.6 Å². The van der Waals surface area contributed by atoms with Gasteiger partial charge in [0.15, 0.2) is 0 Å². The van der Waals surface area contributed by atoms with Gasteiger partial charge in [-0.3, -0.25) is 0 Å². The van der Waals surface area contributed by atoms with Crippen LogP contribution < -0.4 is 10.6 Å². The molecule has 0 aliphatic carbocycles. The summed E-state index contributed by atoms with van der Waals surface area (Å²) < 4.78 is 6.08. The highest BCUT2D eigenvalue weighted by Crippen LogP contribution is 2.28. The van der Waals surface area contributed by atoms with Crippen molar-refractivity contribution in [3.8, 4) is 0 Å². The second kappa shape index (κ2) is 8.97. The first-order valence-electron chi connectivity index (χ1n) is 7.12. The Morgan fingerprint density at radius 2 is 2.27 bits per heavy atom. The number of urea groups is 1.